The van der Waals surface area contributed by atoms with Gasteiger partial charge in [0.15, 0.2) is 0 Å². The van der Waals surface area contributed by atoms with Crippen LogP contribution in [0.5, 0.6) is 0 Å². The van der Waals surface area contributed by atoms with Crippen LogP contribution in [-0.4, -0.2) is 16.1 Å². The van der Waals surface area contributed by atoms with Gasteiger partial charge in [-0.3, -0.25) is 0 Å². The van der Waals surface area contributed by atoms with E-state index >= 15 is 0 Å². The first kappa shape index (κ1) is 13.8. The van der Waals surface area contributed by atoms with Gasteiger partial charge in [0.05, 0.1) is 6.33 Å². The van der Waals surface area contributed by atoms with Gasteiger partial charge in [-0.25, -0.2) is 4.98 Å². The van der Waals surface area contributed by atoms with Crippen LogP contribution in [0.4, 0.5) is 0 Å². The fourth-order valence-electron chi connectivity index (χ4n) is 2.32. The average molecular weight is 257 g/mol. The van der Waals surface area contributed by atoms with Gasteiger partial charge in [0, 0.05) is 25.0 Å². The maximum Gasteiger partial charge on any atom is 0.0945 e. The summed E-state index contributed by atoms with van der Waals surface area (Å²) in [6.07, 6.45) is 9.24. The molecule has 3 heteroatoms. The molecule has 0 fully saturated rings. The number of hydrogen-bond acceptors (Lipinski definition) is 2. The second-order valence-corrected chi connectivity index (χ2v) is 4.86. The first-order valence-electron chi connectivity index (χ1n) is 7.14. The fourth-order valence-corrected chi connectivity index (χ4v) is 2.32. The molecule has 0 aliphatic rings. The van der Waals surface area contributed by atoms with Crippen LogP contribution in [0.1, 0.15) is 37.8 Å². The first-order chi connectivity index (χ1) is 9.40. The van der Waals surface area contributed by atoms with Crippen molar-refractivity contribution in [1.82, 2.24) is 14.9 Å². The van der Waals surface area contributed by atoms with E-state index in [1.807, 2.05) is 18.7 Å². The predicted octanol–water partition coefficient (Wildman–Crippen LogP) is 3.40. The minimum Gasteiger partial charge on any atom is -0.337 e. The Hall–Kier alpha value is -1.61. The second-order valence-electron chi connectivity index (χ2n) is 4.86. The number of rotatable bonds is 8. The summed E-state index contributed by atoms with van der Waals surface area (Å²) in [5.41, 5.74) is 1.40. The lowest BCUT2D eigenvalue weighted by atomic mass is 10.0. The normalized spacial score (nSPS) is 12.5. The van der Waals surface area contributed by atoms with Crippen LogP contribution in [-0.2, 0) is 6.54 Å². The molecule has 0 amide bonds. The van der Waals surface area contributed by atoms with E-state index in [9.17, 15) is 0 Å². The second kappa shape index (κ2) is 7.74. The molecule has 0 saturated heterocycles. The van der Waals surface area contributed by atoms with Gasteiger partial charge in [-0.1, -0.05) is 43.7 Å². The smallest absolute Gasteiger partial charge is 0.0945 e. The zero-order valence-electron chi connectivity index (χ0n) is 11.6. The lowest BCUT2D eigenvalue weighted by Gasteiger charge is -2.18. The Morgan fingerprint density at radius 3 is 2.79 bits per heavy atom. The minimum absolute atomic E-state index is 0.481. The van der Waals surface area contributed by atoms with Crippen LogP contribution in [0, 0.1) is 0 Å². The molecular weight excluding hydrogens is 234 g/mol. The predicted molar refractivity (Wildman–Crippen MR) is 78.9 cm³/mol. The van der Waals surface area contributed by atoms with Crippen molar-refractivity contribution in [3.8, 4) is 0 Å². The number of nitrogens with one attached hydrogen (secondary N) is 1. The van der Waals surface area contributed by atoms with E-state index < -0.39 is 0 Å². The molecule has 2 rings (SSSR count). The maximum absolute atomic E-state index is 4.06. The van der Waals surface area contributed by atoms with E-state index in [2.05, 4.69) is 52.1 Å². The Morgan fingerprint density at radius 1 is 1.26 bits per heavy atom. The SMILES string of the molecule is CCCC(NCCCn1ccnc1)c1ccccc1. The third-order valence-electron chi connectivity index (χ3n) is 3.32. The van der Waals surface area contributed by atoms with E-state index in [-0.39, 0.29) is 0 Å². The monoisotopic (exact) mass is 257 g/mol. The van der Waals surface area contributed by atoms with Crippen molar-refractivity contribution in [3.05, 3.63) is 54.6 Å². The molecule has 3 nitrogen and oxygen atoms in total. The third-order valence-corrected chi connectivity index (χ3v) is 3.32. The van der Waals surface area contributed by atoms with Crippen molar-refractivity contribution in [1.29, 1.82) is 0 Å². The summed E-state index contributed by atoms with van der Waals surface area (Å²) in [5, 5.41) is 3.67. The van der Waals surface area contributed by atoms with Gasteiger partial charge in [-0.2, -0.15) is 0 Å². The molecule has 0 spiro atoms. The van der Waals surface area contributed by atoms with Crippen molar-refractivity contribution >= 4 is 0 Å². The molecule has 0 saturated carbocycles. The van der Waals surface area contributed by atoms with Crippen molar-refractivity contribution < 1.29 is 0 Å². The van der Waals surface area contributed by atoms with Crippen LogP contribution in [0.3, 0.4) is 0 Å². The van der Waals surface area contributed by atoms with Crippen molar-refractivity contribution in [2.75, 3.05) is 6.54 Å². The molecule has 0 aliphatic heterocycles. The number of aromatic nitrogens is 2. The average Bonchev–Trinajstić information content (AvgIpc) is 2.96. The molecule has 19 heavy (non-hydrogen) atoms. The molecule has 1 unspecified atom stereocenters. The Kier molecular flexibility index (Phi) is 5.63. The standard InChI is InChI=1S/C16H23N3/c1-2-7-16(15-8-4-3-5-9-15)18-10-6-12-19-13-11-17-14-19/h3-5,8-9,11,13-14,16,18H,2,6-7,10,12H2,1H3. The number of imidazole rings is 1. The molecule has 1 aromatic heterocycles. The third kappa shape index (κ3) is 4.52. The maximum atomic E-state index is 4.06. The summed E-state index contributed by atoms with van der Waals surface area (Å²) in [5.74, 6) is 0. The van der Waals surface area contributed by atoms with Crippen molar-refractivity contribution in [2.24, 2.45) is 0 Å². The quantitative estimate of drug-likeness (QED) is 0.734. The van der Waals surface area contributed by atoms with Crippen LogP contribution in [0.25, 0.3) is 0 Å². The number of aryl methyl sites for hydroxylation is 1. The molecule has 1 heterocycles. The van der Waals surface area contributed by atoms with Gasteiger partial charge in [0.25, 0.3) is 0 Å². The molecule has 0 radical (unpaired) electrons. The molecule has 0 aliphatic carbocycles. The summed E-state index contributed by atoms with van der Waals surface area (Å²) in [7, 11) is 0. The van der Waals surface area contributed by atoms with E-state index in [1.54, 1.807) is 0 Å². The Morgan fingerprint density at radius 2 is 2.11 bits per heavy atom. The minimum atomic E-state index is 0.481. The fraction of sp³-hybridized carbons (Fsp3) is 0.438. The Labute approximate surface area is 115 Å². The van der Waals surface area contributed by atoms with Crippen LogP contribution >= 0.6 is 0 Å². The Balaban J connectivity index is 1.77. The number of hydrogen-bond donors (Lipinski definition) is 1. The van der Waals surface area contributed by atoms with Gasteiger partial charge in [0.1, 0.15) is 0 Å². The molecule has 102 valence electrons. The highest BCUT2D eigenvalue weighted by Crippen LogP contribution is 2.17. The van der Waals surface area contributed by atoms with Gasteiger partial charge in [-0.15, -0.1) is 0 Å². The van der Waals surface area contributed by atoms with E-state index in [1.165, 1.54) is 18.4 Å². The molecule has 2 aromatic rings. The van der Waals surface area contributed by atoms with Crippen molar-refractivity contribution in [2.45, 2.75) is 38.8 Å². The number of benzene rings is 1. The summed E-state index contributed by atoms with van der Waals surface area (Å²) in [4.78, 5) is 4.06. The van der Waals surface area contributed by atoms with E-state index in [0.29, 0.717) is 6.04 Å². The lowest BCUT2D eigenvalue weighted by Crippen LogP contribution is -2.23. The van der Waals surface area contributed by atoms with Crippen LogP contribution < -0.4 is 5.32 Å². The Bertz CT molecular complexity index is 436. The summed E-state index contributed by atoms with van der Waals surface area (Å²) >= 11 is 0. The molecular formula is C16H23N3. The topological polar surface area (TPSA) is 29.9 Å². The van der Waals surface area contributed by atoms with Crippen LogP contribution in [0.15, 0.2) is 49.1 Å². The number of nitrogens with zero attached hydrogens (tertiary/aromatic N) is 2. The largest absolute Gasteiger partial charge is 0.337 e. The highest BCUT2D eigenvalue weighted by molar-refractivity contribution is 5.18. The summed E-state index contributed by atoms with van der Waals surface area (Å²) < 4.78 is 2.12. The highest BCUT2D eigenvalue weighted by Gasteiger charge is 2.08. The first-order valence-corrected chi connectivity index (χ1v) is 7.14. The zero-order chi connectivity index (χ0) is 13.3. The zero-order valence-corrected chi connectivity index (χ0v) is 11.6. The molecule has 1 aromatic carbocycles. The van der Waals surface area contributed by atoms with Crippen LogP contribution in [0.2, 0.25) is 0 Å². The highest BCUT2D eigenvalue weighted by atomic mass is 15.0. The van der Waals surface area contributed by atoms with E-state index in [4.69, 9.17) is 0 Å². The van der Waals surface area contributed by atoms with Gasteiger partial charge < -0.3 is 9.88 Å². The van der Waals surface area contributed by atoms with Gasteiger partial charge >= 0.3 is 0 Å². The summed E-state index contributed by atoms with van der Waals surface area (Å²) in [6.45, 7) is 4.31. The summed E-state index contributed by atoms with van der Waals surface area (Å²) in [6, 6.07) is 11.2. The molecule has 0 bridgehead atoms. The molecule has 1 atom stereocenters. The van der Waals surface area contributed by atoms with E-state index in [0.717, 1.165) is 19.5 Å². The molecule has 1 N–H and O–H groups in total. The van der Waals surface area contributed by atoms with Gasteiger partial charge in [-0.05, 0) is 24.9 Å². The van der Waals surface area contributed by atoms with Gasteiger partial charge in [0.2, 0.25) is 0 Å². The lowest BCUT2D eigenvalue weighted by molar-refractivity contribution is 0.473. The van der Waals surface area contributed by atoms with Crippen molar-refractivity contribution in [3.63, 3.8) is 0 Å².